The van der Waals surface area contributed by atoms with Gasteiger partial charge in [-0.15, -0.1) is 0 Å². The first-order valence-electron chi connectivity index (χ1n) is 8.40. The highest BCUT2D eigenvalue weighted by atomic mass is 16.4. The molecule has 26 heavy (non-hydrogen) atoms. The number of benzene rings is 2. The summed E-state index contributed by atoms with van der Waals surface area (Å²) in [5, 5.41) is 8.74. The smallest absolute Gasteiger partial charge is 0.328 e. The van der Waals surface area contributed by atoms with Gasteiger partial charge in [-0.3, -0.25) is 14.5 Å². The number of aliphatic carboxylic acids is 1. The van der Waals surface area contributed by atoms with Crippen molar-refractivity contribution in [3.05, 3.63) is 71.8 Å². The Kier molecular flexibility index (Phi) is 4.98. The van der Waals surface area contributed by atoms with E-state index in [0.717, 1.165) is 11.6 Å². The van der Waals surface area contributed by atoms with Crippen LogP contribution in [-0.4, -0.2) is 22.9 Å². The average Bonchev–Trinajstić information content (AvgIpc) is 2.94. The molecule has 0 aromatic heterocycles. The molecule has 0 saturated carbocycles. The number of carboxylic acid groups (broad SMARTS) is 1. The molecular formula is C21H19NO4. The number of carbonyl (C=O) groups excluding carboxylic acids is 2. The minimum Gasteiger partial charge on any atom is -0.478 e. The molecule has 1 fully saturated rings. The van der Waals surface area contributed by atoms with Gasteiger partial charge in [0.2, 0.25) is 11.8 Å². The second-order valence-corrected chi connectivity index (χ2v) is 6.34. The molecule has 1 saturated heterocycles. The van der Waals surface area contributed by atoms with E-state index in [1.807, 2.05) is 37.3 Å². The molecule has 2 amide bonds. The van der Waals surface area contributed by atoms with Crippen LogP contribution in [0.1, 0.15) is 30.4 Å². The van der Waals surface area contributed by atoms with Crippen molar-refractivity contribution in [2.45, 2.75) is 19.3 Å². The van der Waals surface area contributed by atoms with Crippen molar-refractivity contribution < 1.29 is 19.5 Å². The second-order valence-electron chi connectivity index (χ2n) is 6.34. The van der Waals surface area contributed by atoms with E-state index in [1.165, 1.54) is 11.0 Å². The van der Waals surface area contributed by atoms with Gasteiger partial charge in [-0.05, 0) is 35.3 Å². The van der Waals surface area contributed by atoms with Gasteiger partial charge in [-0.2, -0.15) is 0 Å². The number of anilines is 1. The highest BCUT2D eigenvalue weighted by molar-refractivity contribution is 6.21. The second kappa shape index (κ2) is 7.35. The Bertz CT molecular complexity index is 873. The van der Waals surface area contributed by atoms with Crippen molar-refractivity contribution in [3.63, 3.8) is 0 Å². The molecule has 5 heteroatoms. The van der Waals surface area contributed by atoms with Gasteiger partial charge in [-0.25, -0.2) is 4.79 Å². The molecule has 1 N–H and O–H groups in total. The summed E-state index contributed by atoms with van der Waals surface area (Å²) < 4.78 is 0. The van der Waals surface area contributed by atoms with Gasteiger partial charge in [0.15, 0.2) is 0 Å². The minimum absolute atomic E-state index is 0.0623. The van der Waals surface area contributed by atoms with Gasteiger partial charge < -0.3 is 5.11 Å². The van der Waals surface area contributed by atoms with E-state index >= 15 is 0 Å². The highest BCUT2D eigenvalue weighted by Gasteiger charge is 2.42. The zero-order valence-electron chi connectivity index (χ0n) is 14.3. The maximum absolute atomic E-state index is 12.9. The molecule has 132 valence electrons. The lowest BCUT2D eigenvalue weighted by molar-refractivity contribution is -0.131. The fraction of sp³-hybridized carbons (Fsp3) is 0.190. The number of imide groups is 1. The van der Waals surface area contributed by atoms with Crippen molar-refractivity contribution in [1.82, 2.24) is 0 Å². The third-order valence-electron chi connectivity index (χ3n) is 4.66. The number of amides is 2. The van der Waals surface area contributed by atoms with Crippen LogP contribution in [0.3, 0.4) is 0 Å². The summed E-state index contributed by atoms with van der Waals surface area (Å²) in [5.74, 6) is -1.97. The van der Waals surface area contributed by atoms with Crippen molar-refractivity contribution in [2.24, 2.45) is 5.92 Å². The van der Waals surface area contributed by atoms with Gasteiger partial charge in [0.25, 0.3) is 0 Å². The van der Waals surface area contributed by atoms with E-state index in [9.17, 15) is 14.4 Å². The fourth-order valence-corrected chi connectivity index (χ4v) is 3.24. The largest absolute Gasteiger partial charge is 0.478 e. The first-order valence-corrected chi connectivity index (χ1v) is 8.40. The van der Waals surface area contributed by atoms with Crippen LogP contribution in [0.4, 0.5) is 5.69 Å². The van der Waals surface area contributed by atoms with Gasteiger partial charge in [0.05, 0.1) is 11.6 Å². The first kappa shape index (κ1) is 17.6. The first-order chi connectivity index (χ1) is 12.5. The minimum atomic E-state index is -1.06. The summed E-state index contributed by atoms with van der Waals surface area (Å²) in [7, 11) is 0. The van der Waals surface area contributed by atoms with E-state index in [-0.39, 0.29) is 24.2 Å². The number of hydrogen-bond acceptors (Lipinski definition) is 3. The topological polar surface area (TPSA) is 74.7 Å². The van der Waals surface area contributed by atoms with Crippen molar-refractivity contribution >= 4 is 29.5 Å². The van der Waals surface area contributed by atoms with Crippen LogP contribution < -0.4 is 4.90 Å². The molecule has 2 atom stereocenters. The summed E-state index contributed by atoms with van der Waals surface area (Å²) in [4.78, 5) is 37.3. The molecule has 0 bridgehead atoms. The summed E-state index contributed by atoms with van der Waals surface area (Å²) in [6, 6.07) is 16.4. The standard InChI is InChI=1S/C21H19NO4/c1-14(16-7-3-2-4-8-16)18-13-19(23)22(21(18)26)17-9-5-6-15(12-17)10-11-20(24)25/h2-12,14,18H,13H2,1H3,(H,24,25)/b11-10+/t14-,18+/m0/s1. The number of nitrogens with zero attached hydrogens (tertiary/aromatic N) is 1. The number of rotatable bonds is 5. The molecule has 0 spiro atoms. The molecule has 0 radical (unpaired) electrons. The summed E-state index contributed by atoms with van der Waals surface area (Å²) >= 11 is 0. The molecule has 5 nitrogen and oxygen atoms in total. The average molecular weight is 349 g/mol. The lowest BCUT2D eigenvalue weighted by atomic mass is 9.86. The summed E-state index contributed by atoms with van der Waals surface area (Å²) in [5.41, 5.74) is 2.11. The maximum Gasteiger partial charge on any atom is 0.328 e. The molecular weight excluding hydrogens is 330 g/mol. The van der Waals surface area contributed by atoms with Crippen LogP contribution in [0.25, 0.3) is 6.08 Å². The third kappa shape index (κ3) is 3.57. The lowest BCUT2D eigenvalue weighted by Gasteiger charge is -2.19. The van der Waals surface area contributed by atoms with Gasteiger partial charge in [0.1, 0.15) is 0 Å². The Hall–Kier alpha value is -3.21. The van der Waals surface area contributed by atoms with E-state index in [0.29, 0.717) is 11.3 Å². The fourth-order valence-electron chi connectivity index (χ4n) is 3.24. The Morgan fingerprint density at radius 2 is 1.88 bits per heavy atom. The molecule has 0 unspecified atom stereocenters. The third-order valence-corrected chi connectivity index (χ3v) is 4.66. The lowest BCUT2D eigenvalue weighted by Crippen LogP contribution is -2.31. The molecule has 3 rings (SSSR count). The summed E-state index contributed by atoms with van der Waals surface area (Å²) in [6.07, 6.45) is 2.62. The van der Waals surface area contributed by atoms with Gasteiger partial charge in [0, 0.05) is 12.5 Å². The molecule has 0 aliphatic carbocycles. The zero-order valence-corrected chi connectivity index (χ0v) is 14.3. The zero-order chi connectivity index (χ0) is 18.7. The van der Waals surface area contributed by atoms with Crippen LogP contribution in [0.15, 0.2) is 60.7 Å². The Morgan fingerprint density at radius 1 is 1.15 bits per heavy atom. The molecule has 2 aromatic rings. The van der Waals surface area contributed by atoms with Crippen molar-refractivity contribution in [1.29, 1.82) is 0 Å². The number of carbonyl (C=O) groups is 3. The van der Waals surface area contributed by atoms with Crippen LogP contribution in [0, 0.1) is 5.92 Å². The van der Waals surface area contributed by atoms with Crippen LogP contribution in [-0.2, 0) is 14.4 Å². The predicted octanol–water partition coefficient (Wildman–Crippen LogP) is 3.47. The van der Waals surface area contributed by atoms with Crippen LogP contribution in [0.2, 0.25) is 0 Å². The van der Waals surface area contributed by atoms with Gasteiger partial charge in [-0.1, -0.05) is 49.4 Å². The molecule has 1 aliphatic heterocycles. The Labute approximate surface area is 151 Å². The van der Waals surface area contributed by atoms with E-state index in [4.69, 9.17) is 5.11 Å². The SMILES string of the molecule is C[C@@H](c1ccccc1)[C@H]1CC(=O)N(c2cccc(/C=C/C(=O)O)c2)C1=O. The number of hydrogen-bond donors (Lipinski definition) is 1. The van der Waals surface area contributed by atoms with Gasteiger partial charge >= 0.3 is 5.97 Å². The van der Waals surface area contributed by atoms with Crippen molar-refractivity contribution in [2.75, 3.05) is 4.90 Å². The van der Waals surface area contributed by atoms with E-state index < -0.39 is 11.9 Å². The Morgan fingerprint density at radius 3 is 2.58 bits per heavy atom. The monoisotopic (exact) mass is 349 g/mol. The normalized spacial score (nSPS) is 18.5. The maximum atomic E-state index is 12.9. The molecule has 2 aromatic carbocycles. The van der Waals surface area contributed by atoms with E-state index in [2.05, 4.69) is 0 Å². The quantitative estimate of drug-likeness (QED) is 0.662. The Balaban J connectivity index is 1.86. The van der Waals surface area contributed by atoms with Crippen LogP contribution in [0.5, 0.6) is 0 Å². The molecule has 1 heterocycles. The van der Waals surface area contributed by atoms with Crippen molar-refractivity contribution in [3.8, 4) is 0 Å². The number of carboxylic acids is 1. The predicted molar refractivity (Wildman–Crippen MR) is 98.6 cm³/mol. The summed E-state index contributed by atoms with van der Waals surface area (Å²) in [6.45, 7) is 1.96. The highest BCUT2D eigenvalue weighted by Crippen LogP contribution is 2.36. The van der Waals surface area contributed by atoms with Crippen LogP contribution >= 0.6 is 0 Å². The molecule has 1 aliphatic rings. The van der Waals surface area contributed by atoms with E-state index in [1.54, 1.807) is 24.3 Å².